The molecule has 1 aliphatic heterocycles. The number of carbonyl (C=O) groups is 2. The van der Waals surface area contributed by atoms with Gasteiger partial charge in [-0.05, 0) is 43.9 Å². The maximum Gasteiger partial charge on any atom is 0.273 e. The van der Waals surface area contributed by atoms with Crippen molar-refractivity contribution >= 4 is 28.3 Å². The van der Waals surface area contributed by atoms with Gasteiger partial charge in [-0.15, -0.1) is 11.3 Å². The first kappa shape index (κ1) is 25.7. The highest BCUT2D eigenvalue weighted by Gasteiger charge is 2.28. The highest BCUT2D eigenvalue weighted by Crippen LogP contribution is 2.24. The fourth-order valence-corrected chi connectivity index (χ4v) is 5.13. The predicted molar refractivity (Wildman–Crippen MR) is 143 cm³/mol. The minimum atomic E-state index is -0.240. The fraction of sp³-hybridized carbons (Fsp3) is 0.393. The van der Waals surface area contributed by atoms with Crippen LogP contribution in [0.3, 0.4) is 0 Å². The zero-order valence-electron chi connectivity index (χ0n) is 20.8. The van der Waals surface area contributed by atoms with Crippen LogP contribution in [0.4, 0.5) is 5.13 Å². The summed E-state index contributed by atoms with van der Waals surface area (Å²) in [5, 5.41) is 2.10. The maximum absolute atomic E-state index is 13.6. The number of hydrogen-bond acceptors (Lipinski definition) is 6. The van der Waals surface area contributed by atoms with Crippen LogP contribution in [-0.4, -0.2) is 58.9 Å². The minimum Gasteiger partial charge on any atom is -0.491 e. The third-order valence-corrected chi connectivity index (χ3v) is 7.23. The normalized spacial score (nSPS) is 17.7. The van der Waals surface area contributed by atoms with Crippen molar-refractivity contribution in [2.45, 2.75) is 45.1 Å². The van der Waals surface area contributed by atoms with E-state index in [0.29, 0.717) is 48.2 Å². The Labute approximate surface area is 216 Å². The Morgan fingerprint density at radius 2 is 1.78 bits per heavy atom. The Morgan fingerprint density at radius 1 is 1.06 bits per heavy atom. The molecule has 1 aromatic heterocycles. The Bertz CT molecular complexity index is 1150. The Morgan fingerprint density at radius 3 is 2.50 bits per heavy atom. The number of anilines is 1. The standard InChI is InChI=1S/C28H34N4O3S/c1-2-31-16-10-3-4-11-17-32(27(34)24-20-36-28(29)30-24)22(18-21-12-6-5-7-13-21)19-35-25-15-9-8-14-23(25)26(31)33/h5-9,12-15,20,22H,2-4,10-11,16-19H2,1H3,(H2,29,30)/t22-/m0/s1. The topological polar surface area (TPSA) is 88.8 Å². The smallest absolute Gasteiger partial charge is 0.273 e. The number of hydrogen-bond donors (Lipinski definition) is 1. The second kappa shape index (κ2) is 12.5. The number of rotatable bonds is 4. The molecule has 0 spiro atoms. The van der Waals surface area contributed by atoms with Crippen molar-refractivity contribution in [1.82, 2.24) is 14.8 Å². The van der Waals surface area contributed by atoms with Crippen LogP contribution < -0.4 is 10.5 Å². The Hall–Kier alpha value is -3.39. The van der Waals surface area contributed by atoms with Crippen LogP contribution >= 0.6 is 11.3 Å². The molecule has 2 heterocycles. The Kier molecular flexibility index (Phi) is 8.95. The molecular weight excluding hydrogens is 472 g/mol. The molecule has 4 rings (SSSR count). The molecule has 0 saturated heterocycles. The molecule has 0 bridgehead atoms. The van der Waals surface area contributed by atoms with E-state index in [9.17, 15) is 9.59 Å². The first-order valence-corrected chi connectivity index (χ1v) is 13.5. The molecule has 36 heavy (non-hydrogen) atoms. The number of fused-ring (bicyclic) bond motifs is 1. The zero-order valence-corrected chi connectivity index (χ0v) is 21.6. The van der Waals surface area contributed by atoms with E-state index in [2.05, 4.69) is 17.1 Å². The van der Waals surface area contributed by atoms with E-state index in [1.807, 2.05) is 59.2 Å². The van der Waals surface area contributed by atoms with Gasteiger partial charge in [0.1, 0.15) is 18.1 Å². The van der Waals surface area contributed by atoms with Crippen molar-refractivity contribution in [3.63, 3.8) is 0 Å². The molecule has 7 nitrogen and oxygen atoms in total. The number of nitrogens with two attached hydrogens (primary N) is 1. The summed E-state index contributed by atoms with van der Waals surface area (Å²) in [6.07, 6.45) is 4.39. The number of aromatic nitrogens is 1. The second-order valence-corrected chi connectivity index (χ2v) is 9.91. The van der Waals surface area contributed by atoms with Crippen LogP contribution in [0.1, 0.15) is 59.0 Å². The van der Waals surface area contributed by atoms with Crippen molar-refractivity contribution < 1.29 is 14.3 Å². The third-order valence-electron chi connectivity index (χ3n) is 6.55. The summed E-state index contributed by atoms with van der Waals surface area (Å²) >= 11 is 1.27. The first-order chi connectivity index (χ1) is 17.6. The van der Waals surface area contributed by atoms with E-state index in [4.69, 9.17) is 10.5 Å². The van der Waals surface area contributed by atoms with Crippen LogP contribution in [0.2, 0.25) is 0 Å². The quantitative estimate of drug-likeness (QED) is 0.544. The van der Waals surface area contributed by atoms with Crippen molar-refractivity contribution in [3.05, 3.63) is 76.8 Å². The van der Waals surface area contributed by atoms with Crippen LogP contribution in [0, 0.1) is 0 Å². The Balaban J connectivity index is 1.68. The number of para-hydroxylation sites is 1. The van der Waals surface area contributed by atoms with Crippen LogP contribution in [-0.2, 0) is 6.42 Å². The number of ether oxygens (including phenoxy) is 1. The van der Waals surface area contributed by atoms with Gasteiger partial charge in [0.15, 0.2) is 5.13 Å². The molecular formula is C28H34N4O3S. The molecule has 2 N–H and O–H groups in total. The lowest BCUT2D eigenvalue weighted by Crippen LogP contribution is -2.46. The number of nitrogens with zero attached hydrogens (tertiary/aromatic N) is 3. The van der Waals surface area contributed by atoms with Gasteiger partial charge in [-0.3, -0.25) is 9.59 Å². The van der Waals surface area contributed by atoms with E-state index in [1.54, 1.807) is 5.38 Å². The molecule has 190 valence electrons. The lowest BCUT2D eigenvalue weighted by atomic mass is 10.0. The second-order valence-electron chi connectivity index (χ2n) is 9.02. The van der Waals surface area contributed by atoms with Gasteiger partial charge in [-0.2, -0.15) is 0 Å². The lowest BCUT2D eigenvalue weighted by molar-refractivity contribution is 0.0593. The molecule has 3 aromatic rings. The van der Waals surface area contributed by atoms with E-state index >= 15 is 0 Å². The summed E-state index contributed by atoms with van der Waals surface area (Å²) in [5.41, 5.74) is 7.88. The van der Waals surface area contributed by atoms with Crippen molar-refractivity contribution in [2.75, 3.05) is 32.0 Å². The minimum absolute atomic E-state index is 0.0179. The number of nitrogen functional groups attached to an aromatic ring is 1. The third kappa shape index (κ3) is 6.43. The van der Waals surface area contributed by atoms with Gasteiger partial charge in [0.2, 0.25) is 0 Å². The summed E-state index contributed by atoms with van der Waals surface area (Å²) in [6.45, 7) is 4.24. The summed E-state index contributed by atoms with van der Waals surface area (Å²) in [7, 11) is 0. The fourth-order valence-electron chi connectivity index (χ4n) is 4.60. The van der Waals surface area contributed by atoms with Crippen LogP contribution in [0.5, 0.6) is 5.75 Å². The van der Waals surface area contributed by atoms with E-state index in [0.717, 1.165) is 31.2 Å². The summed E-state index contributed by atoms with van der Waals surface area (Å²) in [5.74, 6) is 0.387. The number of carbonyl (C=O) groups excluding carboxylic acids is 2. The van der Waals surface area contributed by atoms with Gasteiger partial charge in [-0.1, -0.05) is 55.3 Å². The van der Waals surface area contributed by atoms with E-state index in [-0.39, 0.29) is 24.5 Å². The zero-order chi connectivity index (χ0) is 25.3. The SMILES string of the molecule is CCN1CCCCCCN(C(=O)c2csc(N)n2)[C@@H](Cc2ccccc2)COc2ccccc2C1=O. The summed E-state index contributed by atoms with van der Waals surface area (Å²) < 4.78 is 6.32. The largest absolute Gasteiger partial charge is 0.491 e. The molecule has 0 aliphatic carbocycles. The average molecular weight is 507 g/mol. The highest BCUT2D eigenvalue weighted by molar-refractivity contribution is 7.13. The van der Waals surface area contributed by atoms with E-state index < -0.39 is 0 Å². The van der Waals surface area contributed by atoms with Gasteiger partial charge in [-0.25, -0.2) is 4.98 Å². The van der Waals surface area contributed by atoms with Crippen LogP contribution in [0.15, 0.2) is 60.0 Å². The molecule has 0 fully saturated rings. The maximum atomic E-state index is 13.6. The summed E-state index contributed by atoms with van der Waals surface area (Å²) in [4.78, 5) is 35.0. The average Bonchev–Trinajstić information content (AvgIpc) is 3.34. The van der Waals surface area contributed by atoms with Gasteiger partial charge < -0.3 is 20.3 Å². The van der Waals surface area contributed by atoms with Crippen LogP contribution in [0.25, 0.3) is 0 Å². The van der Waals surface area contributed by atoms with Crippen molar-refractivity contribution in [2.24, 2.45) is 0 Å². The highest BCUT2D eigenvalue weighted by atomic mass is 32.1. The molecule has 1 aliphatic rings. The number of thiazole rings is 1. The van der Waals surface area contributed by atoms with Gasteiger partial charge >= 0.3 is 0 Å². The monoisotopic (exact) mass is 506 g/mol. The molecule has 0 unspecified atom stereocenters. The van der Waals surface area contributed by atoms with Crippen molar-refractivity contribution in [3.8, 4) is 5.75 Å². The van der Waals surface area contributed by atoms with Gasteiger partial charge in [0.25, 0.3) is 11.8 Å². The van der Waals surface area contributed by atoms with E-state index in [1.165, 1.54) is 11.3 Å². The van der Waals surface area contributed by atoms with Gasteiger partial charge in [0, 0.05) is 25.0 Å². The van der Waals surface area contributed by atoms with Gasteiger partial charge in [0.05, 0.1) is 11.6 Å². The van der Waals surface area contributed by atoms with Crippen molar-refractivity contribution in [1.29, 1.82) is 0 Å². The molecule has 1 atom stereocenters. The molecule has 2 amide bonds. The molecule has 0 radical (unpaired) electrons. The number of amides is 2. The lowest BCUT2D eigenvalue weighted by Gasteiger charge is -2.32. The molecule has 8 heteroatoms. The predicted octanol–water partition coefficient (Wildman–Crippen LogP) is 4.89. The molecule has 2 aromatic carbocycles. The first-order valence-electron chi connectivity index (χ1n) is 12.6. The molecule has 0 saturated carbocycles. The summed E-state index contributed by atoms with van der Waals surface area (Å²) in [6, 6.07) is 17.3. The number of benzene rings is 2.